The van der Waals surface area contributed by atoms with Crippen LogP contribution in [0.4, 0.5) is 0 Å². The second-order valence-corrected chi connectivity index (χ2v) is 3.92. The maximum absolute atomic E-state index is 9.19. The van der Waals surface area contributed by atoms with Gasteiger partial charge in [0.1, 0.15) is 0 Å². The van der Waals surface area contributed by atoms with Crippen molar-refractivity contribution in [2.75, 3.05) is 12.3 Å². The van der Waals surface area contributed by atoms with E-state index in [1.54, 1.807) is 11.8 Å². The van der Waals surface area contributed by atoms with Gasteiger partial charge >= 0.3 is 0 Å². The van der Waals surface area contributed by atoms with Crippen LogP contribution in [0.3, 0.4) is 0 Å². The van der Waals surface area contributed by atoms with Crippen LogP contribution in [0.15, 0.2) is 30.3 Å². The Morgan fingerprint density at radius 3 is 2.62 bits per heavy atom. The van der Waals surface area contributed by atoms with Crippen LogP contribution in [-0.4, -0.2) is 23.5 Å². The molecule has 0 saturated heterocycles. The van der Waals surface area contributed by atoms with Gasteiger partial charge in [0.05, 0.1) is 6.10 Å². The maximum Gasteiger partial charge on any atom is 0.0752 e. The summed E-state index contributed by atoms with van der Waals surface area (Å²) < 4.78 is 0. The Morgan fingerprint density at radius 1 is 1.31 bits per heavy atom. The van der Waals surface area contributed by atoms with Gasteiger partial charge in [-0.2, -0.15) is 11.8 Å². The van der Waals surface area contributed by atoms with Crippen molar-refractivity contribution in [2.45, 2.75) is 11.9 Å². The predicted octanol–water partition coefficient (Wildman–Crippen LogP) is 1.24. The zero-order valence-corrected chi connectivity index (χ0v) is 8.33. The van der Waals surface area contributed by atoms with Crippen molar-refractivity contribution < 1.29 is 5.11 Å². The Morgan fingerprint density at radius 2 is 2.00 bits per heavy atom. The van der Waals surface area contributed by atoms with Gasteiger partial charge in [0, 0.05) is 18.1 Å². The topological polar surface area (TPSA) is 46.2 Å². The minimum absolute atomic E-state index is 0.349. The highest BCUT2D eigenvalue weighted by Crippen LogP contribution is 2.12. The van der Waals surface area contributed by atoms with E-state index in [1.165, 1.54) is 5.56 Å². The molecular weight excluding hydrogens is 182 g/mol. The van der Waals surface area contributed by atoms with E-state index in [-0.39, 0.29) is 6.10 Å². The summed E-state index contributed by atoms with van der Waals surface area (Å²) in [4.78, 5) is 0. The molecule has 0 amide bonds. The SMILES string of the molecule is NCC(O)CSCc1ccccc1. The minimum Gasteiger partial charge on any atom is -0.391 e. The third kappa shape index (κ3) is 4.31. The van der Waals surface area contributed by atoms with Crippen molar-refractivity contribution in [1.29, 1.82) is 0 Å². The molecule has 3 N–H and O–H groups in total. The van der Waals surface area contributed by atoms with Gasteiger partial charge in [-0.05, 0) is 5.56 Å². The van der Waals surface area contributed by atoms with Crippen molar-refractivity contribution in [3.05, 3.63) is 35.9 Å². The van der Waals surface area contributed by atoms with Crippen LogP contribution in [0.5, 0.6) is 0 Å². The third-order valence-corrected chi connectivity index (χ3v) is 2.85. The standard InChI is InChI=1S/C10H15NOS/c11-6-10(12)8-13-7-9-4-2-1-3-5-9/h1-5,10,12H,6-8,11H2. The Kier molecular flexibility index (Phi) is 4.90. The molecule has 0 saturated carbocycles. The molecular formula is C10H15NOS. The molecule has 13 heavy (non-hydrogen) atoms. The van der Waals surface area contributed by atoms with Crippen LogP contribution in [0.25, 0.3) is 0 Å². The van der Waals surface area contributed by atoms with E-state index < -0.39 is 0 Å². The smallest absolute Gasteiger partial charge is 0.0752 e. The van der Waals surface area contributed by atoms with Crippen molar-refractivity contribution in [1.82, 2.24) is 0 Å². The molecule has 1 atom stereocenters. The molecule has 2 nitrogen and oxygen atoms in total. The average molecular weight is 197 g/mol. The van der Waals surface area contributed by atoms with Crippen molar-refractivity contribution in [3.8, 4) is 0 Å². The highest BCUT2D eigenvalue weighted by atomic mass is 32.2. The highest BCUT2D eigenvalue weighted by Gasteiger charge is 2.00. The predicted molar refractivity (Wildman–Crippen MR) is 57.7 cm³/mol. The Labute approximate surface area is 83.1 Å². The van der Waals surface area contributed by atoms with E-state index in [2.05, 4.69) is 12.1 Å². The molecule has 0 heterocycles. The first kappa shape index (κ1) is 10.6. The number of hydrogen-bond acceptors (Lipinski definition) is 3. The van der Waals surface area contributed by atoms with Gasteiger partial charge < -0.3 is 10.8 Å². The Hall–Kier alpha value is -0.510. The van der Waals surface area contributed by atoms with Gasteiger partial charge in [0.15, 0.2) is 0 Å². The Balaban J connectivity index is 2.20. The lowest BCUT2D eigenvalue weighted by Crippen LogP contribution is -2.21. The molecule has 1 aromatic carbocycles. The fraction of sp³-hybridized carbons (Fsp3) is 0.400. The van der Waals surface area contributed by atoms with Gasteiger partial charge in [0.25, 0.3) is 0 Å². The van der Waals surface area contributed by atoms with Gasteiger partial charge in [-0.3, -0.25) is 0 Å². The monoisotopic (exact) mass is 197 g/mol. The number of aliphatic hydroxyl groups excluding tert-OH is 1. The number of thioether (sulfide) groups is 1. The molecule has 72 valence electrons. The van der Waals surface area contributed by atoms with Crippen molar-refractivity contribution >= 4 is 11.8 Å². The zero-order chi connectivity index (χ0) is 9.52. The van der Waals surface area contributed by atoms with E-state index >= 15 is 0 Å². The normalized spacial score (nSPS) is 12.8. The van der Waals surface area contributed by atoms with E-state index in [4.69, 9.17) is 5.73 Å². The minimum atomic E-state index is -0.367. The number of aliphatic hydroxyl groups is 1. The largest absolute Gasteiger partial charge is 0.391 e. The van der Waals surface area contributed by atoms with Crippen LogP contribution in [-0.2, 0) is 5.75 Å². The molecule has 0 fully saturated rings. The number of rotatable bonds is 5. The summed E-state index contributed by atoms with van der Waals surface area (Å²) in [7, 11) is 0. The van der Waals surface area contributed by atoms with Crippen LogP contribution in [0.1, 0.15) is 5.56 Å². The van der Waals surface area contributed by atoms with Crippen molar-refractivity contribution in [3.63, 3.8) is 0 Å². The molecule has 0 radical (unpaired) electrons. The van der Waals surface area contributed by atoms with Crippen LogP contribution < -0.4 is 5.73 Å². The molecule has 0 bridgehead atoms. The summed E-state index contributed by atoms with van der Waals surface area (Å²) in [5.41, 5.74) is 6.58. The molecule has 0 aliphatic heterocycles. The summed E-state index contributed by atoms with van der Waals surface area (Å²) in [6.07, 6.45) is -0.367. The number of nitrogens with two attached hydrogens (primary N) is 1. The van der Waals surface area contributed by atoms with Crippen LogP contribution in [0, 0.1) is 0 Å². The average Bonchev–Trinajstić information content (AvgIpc) is 2.19. The first-order chi connectivity index (χ1) is 6.33. The third-order valence-electron chi connectivity index (χ3n) is 1.69. The summed E-state index contributed by atoms with van der Waals surface area (Å²) in [6, 6.07) is 10.2. The van der Waals surface area contributed by atoms with Crippen LogP contribution in [0.2, 0.25) is 0 Å². The van der Waals surface area contributed by atoms with E-state index in [1.807, 2.05) is 18.2 Å². The highest BCUT2D eigenvalue weighted by molar-refractivity contribution is 7.98. The van der Waals surface area contributed by atoms with Crippen molar-refractivity contribution in [2.24, 2.45) is 5.73 Å². The first-order valence-electron chi connectivity index (χ1n) is 4.32. The fourth-order valence-corrected chi connectivity index (χ4v) is 1.91. The molecule has 3 heteroatoms. The van der Waals surface area contributed by atoms with Gasteiger partial charge in [-0.25, -0.2) is 0 Å². The molecule has 0 aliphatic rings. The molecule has 0 aromatic heterocycles. The maximum atomic E-state index is 9.19. The second kappa shape index (κ2) is 6.02. The lowest BCUT2D eigenvalue weighted by Gasteiger charge is -2.06. The molecule has 0 spiro atoms. The molecule has 1 aromatic rings. The second-order valence-electron chi connectivity index (χ2n) is 2.89. The lowest BCUT2D eigenvalue weighted by atomic mass is 10.2. The molecule has 1 rings (SSSR count). The van der Waals surface area contributed by atoms with E-state index in [0.717, 1.165) is 5.75 Å². The number of hydrogen-bond donors (Lipinski definition) is 2. The fourth-order valence-electron chi connectivity index (χ4n) is 0.955. The molecule has 0 aliphatic carbocycles. The van der Waals surface area contributed by atoms with Gasteiger partial charge in [-0.15, -0.1) is 0 Å². The van der Waals surface area contributed by atoms with E-state index in [0.29, 0.717) is 12.3 Å². The summed E-state index contributed by atoms with van der Waals surface area (Å²) >= 11 is 1.71. The summed E-state index contributed by atoms with van der Waals surface area (Å²) in [5, 5.41) is 9.19. The lowest BCUT2D eigenvalue weighted by molar-refractivity contribution is 0.208. The van der Waals surface area contributed by atoms with E-state index in [9.17, 15) is 5.11 Å². The quantitative estimate of drug-likeness (QED) is 0.746. The summed E-state index contributed by atoms with van der Waals surface area (Å²) in [5.74, 6) is 1.66. The first-order valence-corrected chi connectivity index (χ1v) is 5.48. The van der Waals surface area contributed by atoms with Crippen LogP contribution >= 0.6 is 11.8 Å². The summed E-state index contributed by atoms with van der Waals surface area (Å²) in [6.45, 7) is 0.349. The Bertz CT molecular complexity index is 228. The van der Waals surface area contributed by atoms with Gasteiger partial charge in [0.2, 0.25) is 0 Å². The zero-order valence-electron chi connectivity index (χ0n) is 7.52. The molecule has 1 unspecified atom stereocenters. The van der Waals surface area contributed by atoms with Gasteiger partial charge in [-0.1, -0.05) is 30.3 Å². The number of benzene rings is 1.